The van der Waals surface area contributed by atoms with Gasteiger partial charge in [0.25, 0.3) is 0 Å². The molecule has 1 aromatic carbocycles. The molecular weight excluding hydrogens is 238 g/mol. The Labute approximate surface area is 106 Å². The van der Waals surface area contributed by atoms with Crippen LogP contribution in [0, 0.1) is 5.92 Å². The number of benzene rings is 1. The van der Waals surface area contributed by atoms with Gasteiger partial charge in [0.2, 0.25) is 0 Å². The van der Waals surface area contributed by atoms with Gasteiger partial charge >= 0.3 is 5.97 Å². The van der Waals surface area contributed by atoms with Crippen molar-refractivity contribution >= 4 is 17.6 Å². The highest BCUT2D eigenvalue weighted by molar-refractivity contribution is 6.30. The van der Waals surface area contributed by atoms with Crippen molar-refractivity contribution in [2.45, 2.75) is 31.2 Å². The fourth-order valence-corrected chi connectivity index (χ4v) is 2.70. The molecule has 0 saturated heterocycles. The first-order valence-corrected chi connectivity index (χ1v) is 6.17. The lowest BCUT2D eigenvalue weighted by Gasteiger charge is -2.26. The van der Waals surface area contributed by atoms with Gasteiger partial charge in [0.15, 0.2) is 0 Å². The van der Waals surface area contributed by atoms with Crippen LogP contribution in [0.15, 0.2) is 24.3 Å². The summed E-state index contributed by atoms with van der Waals surface area (Å²) in [5.74, 6) is -0.866. The van der Waals surface area contributed by atoms with Gasteiger partial charge in [-0.25, -0.2) is 0 Å². The molecular formula is C13H16ClNO2. The summed E-state index contributed by atoms with van der Waals surface area (Å²) in [5.41, 5.74) is 6.04. The van der Waals surface area contributed by atoms with Crippen LogP contribution in [0.3, 0.4) is 0 Å². The predicted octanol–water partition coefficient (Wildman–Crippen LogP) is 2.46. The number of nitrogens with two attached hydrogens (primary N) is 1. The van der Waals surface area contributed by atoms with Gasteiger partial charge in [0.1, 0.15) is 5.54 Å². The first-order valence-electron chi connectivity index (χ1n) is 5.79. The molecule has 0 unspecified atom stereocenters. The normalized spacial score (nSPS) is 28.2. The highest BCUT2D eigenvalue weighted by Gasteiger charge is 2.45. The van der Waals surface area contributed by atoms with Crippen molar-refractivity contribution in [3.63, 3.8) is 0 Å². The number of hydrogen-bond acceptors (Lipinski definition) is 2. The highest BCUT2D eigenvalue weighted by Crippen LogP contribution is 2.36. The fraction of sp³-hybridized carbons (Fsp3) is 0.462. The van der Waals surface area contributed by atoms with Gasteiger partial charge in [-0.15, -0.1) is 0 Å². The minimum atomic E-state index is -1.06. The molecule has 0 spiro atoms. The molecule has 1 fully saturated rings. The van der Waals surface area contributed by atoms with Crippen LogP contribution in [0.5, 0.6) is 0 Å². The van der Waals surface area contributed by atoms with E-state index in [-0.39, 0.29) is 5.92 Å². The molecule has 17 heavy (non-hydrogen) atoms. The van der Waals surface area contributed by atoms with E-state index < -0.39 is 11.5 Å². The van der Waals surface area contributed by atoms with Crippen LogP contribution in [-0.2, 0) is 11.2 Å². The van der Waals surface area contributed by atoms with Gasteiger partial charge in [-0.2, -0.15) is 0 Å². The Morgan fingerprint density at radius 3 is 2.71 bits per heavy atom. The number of halogens is 1. The average molecular weight is 254 g/mol. The van der Waals surface area contributed by atoms with E-state index >= 15 is 0 Å². The molecule has 0 radical (unpaired) electrons. The molecule has 1 saturated carbocycles. The number of aliphatic carboxylic acids is 1. The summed E-state index contributed by atoms with van der Waals surface area (Å²) in [6.45, 7) is 0. The van der Waals surface area contributed by atoms with E-state index in [4.69, 9.17) is 17.3 Å². The summed E-state index contributed by atoms with van der Waals surface area (Å²) in [6.07, 6.45) is 3.05. The van der Waals surface area contributed by atoms with E-state index in [0.29, 0.717) is 17.9 Å². The summed E-state index contributed by atoms with van der Waals surface area (Å²) >= 11 is 5.82. The molecule has 0 aliphatic heterocycles. The molecule has 0 heterocycles. The van der Waals surface area contributed by atoms with E-state index in [1.165, 1.54) is 0 Å². The number of carboxylic acids is 1. The minimum Gasteiger partial charge on any atom is -0.480 e. The van der Waals surface area contributed by atoms with Crippen LogP contribution in [0.25, 0.3) is 0 Å². The number of hydrogen-bond donors (Lipinski definition) is 2. The second-order valence-corrected chi connectivity index (χ2v) is 5.20. The largest absolute Gasteiger partial charge is 0.480 e. The second-order valence-electron chi connectivity index (χ2n) is 4.77. The van der Waals surface area contributed by atoms with Crippen molar-refractivity contribution < 1.29 is 9.90 Å². The van der Waals surface area contributed by atoms with Crippen molar-refractivity contribution in [1.29, 1.82) is 0 Å². The fourth-order valence-electron chi connectivity index (χ4n) is 2.57. The van der Waals surface area contributed by atoms with E-state index in [0.717, 1.165) is 18.4 Å². The molecule has 2 rings (SSSR count). The summed E-state index contributed by atoms with van der Waals surface area (Å²) < 4.78 is 0. The monoisotopic (exact) mass is 253 g/mol. The third kappa shape index (κ3) is 2.45. The van der Waals surface area contributed by atoms with Crippen molar-refractivity contribution in [3.05, 3.63) is 34.9 Å². The summed E-state index contributed by atoms with van der Waals surface area (Å²) in [5, 5.41) is 9.91. The minimum absolute atomic E-state index is 0.0150. The Kier molecular flexibility index (Phi) is 3.40. The summed E-state index contributed by atoms with van der Waals surface area (Å²) in [7, 11) is 0. The van der Waals surface area contributed by atoms with Gasteiger partial charge in [-0.3, -0.25) is 4.79 Å². The van der Waals surface area contributed by atoms with Crippen LogP contribution in [0.1, 0.15) is 24.8 Å². The van der Waals surface area contributed by atoms with Gasteiger partial charge in [0, 0.05) is 5.02 Å². The van der Waals surface area contributed by atoms with Crippen molar-refractivity contribution in [2.75, 3.05) is 0 Å². The van der Waals surface area contributed by atoms with E-state index in [9.17, 15) is 9.90 Å². The maximum absolute atomic E-state index is 11.2. The molecule has 0 amide bonds. The number of carbonyl (C=O) groups is 1. The summed E-state index contributed by atoms with van der Waals surface area (Å²) in [4.78, 5) is 11.2. The number of rotatable bonds is 3. The average Bonchev–Trinajstić information content (AvgIpc) is 2.65. The molecule has 1 aromatic rings. The molecule has 3 N–H and O–H groups in total. The molecule has 4 heteroatoms. The highest BCUT2D eigenvalue weighted by atomic mass is 35.5. The second kappa shape index (κ2) is 4.67. The van der Waals surface area contributed by atoms with Gasteiger partial charge in [0.05, 0.1) is 0 Å². The van der Waals surface area contributed by atoms with Crippen LogP contribution in [0.4, 0.5) is 0 Å². The van der Waals surface area contributed by atoms with Gasteiger partial charge < -0.3 is 10.8 Å². The van der Waals surface area contributed by atoms with Gasteiger partial charge in [-0.1, -0.05) is 30.2 Å². The van der Waals surface area contributed by atoms with E-state index in [1.807, 2.05) is 24.3 Å². The lowest BCUT2D eigenvalue weighted by atomic mass is 9.83. The zero-order chi connectivity index (χ0) is 12.5. The maximum atomic E-state index is 11.2. The van der Waals surface area contributed by atoms with Gasteiger partial charge in [-0.05, 0) is 42.9 Å². The van der Waals surface area contributed by atoms with Crippen LogP contribution in [0.2, 0.25) is 5.02 Å². The number of carboxylic acid groups (broad SMARTS) is 1. The maximum Gasteiger partial charge on any atom is 0.323 e. The predicted molar refractivity (Wildman–Crippen MR) is 67.1 cm³/mol. The van der Waals surface area contributed by atoms with Crippen LogP contribution < -0.4 is 5.73 Å². The zero-order valence-electron chi connectivity index (χ0n) is 9.53. The van der Waals surface area contributed by atoms with Crippen molar-refractivity contribution in [1.82, 2.24) is 0 Å². The van der Waals surface area contributed by atoms with Crippen LogP contribution >= 0.6 is 11.6 Å². The SMILES string of the molecule is N[C@@]1(C(=O)O)CCC[C@@H]1Cc1ccc(Cl)cc1. The van der Waals surface area contributed by atoms with E-state index in [1.54, 1.807) is 0 Å². The van der Waals surface area contributed by atoms with Crippen molar-refractivity contribution in [2.24, 2.45) is 11.7 Å². The molecule has 2 atom stereocenters. The molecule has 0 aromatic heterocycles. The lowest BCUT2D eigenvalue weighted by Crippen LogP contribution is -2.51. The molecule has 92 valence electrons. The molecule has 1 aliphatic rings. The van der Waals surface area contributed by atoms with Crippen molar-refractivity contribution in [3.8, 4) is 0 Å². The Bertz CT molecular complexity index is 418. The summed E-state index contributed by atoms with van der Waals surface area (Å²) in [6, 6.07) is 7.52. The third-order valence-electron chi connectivity index (χ3n) is 3.67. The first kappa shape index (κ1) is 12.4. The standard InChI is InChI=1S/C13H16ClNO2/c14-11-5-3-9(4-6-11)8-10-2-1-7-13(10,15)12(16)17/h3-6,10H,1-2,7-8,15H2,(H,16,17)/t10-,13+/m1/s1. The Morgan fingerprint density at radius 2 is 2.12 bits per heavy atom. The Hall–Kier alpha value is -1.06. The topological polar surface area (TPSA) is 63.3 Å². The molecule has 3 nitrogen and oxygen atoms in total. The lowest BCUT2D eigenvalue weighted by molar-refractivity contribution is -0.144. The Balaban J connectivity index is 2.13. The smallest absolute Gasteiger partial charge is 0.323 e. The molecule has 0 bridgehead atoms. The Morgan fingerprint density at radius 1 is 1.47 bits per heavy atom. The third-order valence-corrected chi connectivity index (χ3v) is 3.92. The molecule has 1 aliphatic carbocycles. The zero-order valence-corrected chi connectivity index (χ0v) is 10.3. The quantitative estimate of drug-likeness (QED) is 0.870. The van der Waals surface area contributed by atoms with E-state index in [2.05, 4.69) is 0 Å². The van der Waals surface area contributed by atoms with Crippen LogP contribution in [-0.4, -0.2) is 16.6 Å². The first-order chi connectivity index (χ1) is 8.02.